The number of aliphatic hydroxyl groups is 1. The predicted octanol–water partition coefficient (Wildman–Crippen LogP) is 3.36. The van der Waals surface area contributed by atoms with Gasteiger partial charge in [0.2, 0.25) is 0 Å². The topological polar surface area (TPSA) is 79.7 Å². The summed E-state index contributed by atoms with van der Waals surface area (Å²) in [6.45, 7) is 0.726. The van der Waals surface area contributed by atoms with E-state index in [2.05, 4.69) is 4.98 Å². The molecule has 112 valence electrons. The van der Waals surface area contributed by atoms with Crippen LogP contribution in [-0.2, 0) is 4.79 Å². The zero-order valence-corrected chi connectivity index (χ0v) is 14.4. The summed E-state index contributed by atoms with van der Waals surface area (Å²) in [5.74, 6) is -1.04. The van der Waals surface area contributed by atoms with Crippen molar-refractivity contribution in [3.05, 3.63) is 31.9 Å². The van der Waals surface area contributed by atoms with E-state index >= 15 is 0 Å². The third-order valence-corrected chi connectivity index (χ3v) is 4.09. The Hall–Kier alpha value is -0.830. The Morgan fingerprint density at radius 2 is 2.14 bits per heavy atom. The molecule has 0 saturated heterocycles. The van der Waals surface area contributed by atoms with Gasteiger partial charge in [-0.05, 0) is 47.7 Å². The van der Waals surface area contributed by atoms with E-state index in [1.807, 2.05) is 22.6 Å². The van der Waals surface area contributed by atoms with E-state index in [1.165, 1.54) is 0 Å². The number of aromatic nitrogens is 1. The zero-order chi connectivity index (χ0) is 15.8. The summed E-state index contributed by atoms with van der Waals surface area (Å²) < 4.78 is 6.11. The lowest BCUT2D eigenvalue weighted by molar-refractivity contribution is -0.159. The number of halogens is 3. The highest BCUT2D eigenvalue weighted by Crippen LogP contribution is 2.36. The van der Waals surface area contributed by atoms with Crippen molar-refractivity contribution in [2.75, 3.05) is 6.61 Å². The van der Waals surface area contributed by atoms with Crippen LogP contribution in [0.5, 0.6) is 5.75 Å². The minimum Gasteiger partial charge on any atom is -0.487 e. The van der Waals surface area contributed by atoms with Crippen LogP contribution in [0.4, 0.5) is 0 Å². The van der Waals surface area contributed by atoms with Crippen molar-refractivity contribution in [2.45, 2.75) is 12.5 Å². The minimum atomic E-state index is -2.01. The number of aliphatic carboxylic acids is 1. The fraction of sp³-hybridized carbons (Fsp3) is 0.231. The molecule has 5 nitrogen and oxygen atoms in total. The van der Waals surface area contributed by atoms with Crippen LogP contribution in [0, 0.1) is 3.57 Å². The average molecular weight is 442 g/mol. The van der Waals surface area contributed by atoms with E-state index in [1.54, 1.807) is 18.2 Å². The van der Waals surface area contributed by atoms with Crippen molar-refractivity contribution in [1.29, 1.82) is 0 Å². The van der Waals surface area contributed by atoms with E-state index in [4.69, 9.17) is 33.0 Å². The molecule has 1 atom stereocenters. The van der Waals surface area contributed by atoms with Crippen LogP contribution in [0.3, 0.4) is 0 Å². The molecule has 0 spiro atoms. The van der Waals surface area contributed by atoms with Gasteiger partial charge in [0.1, 0.15) is 17.3 Å². The first-order valence-electron chi connectivity index (χ1n) is 5.75. The van der Waals surface area contributed by atoms with Crippen LogP contribution in [0.15, 0.2) is 18.2 Å². The summed E-state index contributed by atoms with van der Waals surface area (Å²) >= 11 is 14.0. The summed E-state index contributed by atoms with van der Waals surface area (Å²) in [5.41, 5.74) is -1.59. The van der Waals surface area contributed by atoms with Gasteiger partial charge in [-0.15, -0.1) is 0 Å². The van der Waals surface area contributed by atoms with Gasteiger partial charge in [-0.1, -0.05) is 23.2 Å². The van der Waals surface area contributed by atoms with Crippen LogP contribution >= 0.6 is 45.8 Å². The van der Waals surface area contributed by atoms with Gasteiger partial charge < -0.3 is 14.9 Å². The summed E-state index contributed by atoms with van der Waals surface area (Å²) in [5, 5.41) is 20.0. The second kappa shape index (κ2) is 6.12. The number of carboxylic acid groups (broad SMARTS) is 1. The molecule has 1 heterocycles. The van der Waals surface area contributed by atoms with Crippen molar-refractivity contribution in [3.8, 4) is 5.75 Å². The summed E-state index contributed by atoms with van der Waals surface area (Å²) in [6, 6.07) is 4.97. The summed E-state index contributed by atoms with van der Waals surface area (Å²) in [4.78, 5) is 15.1. The van der Waals surface area contributed by atoms with Gasteiger partial charge in [0, 0.05) is 5.39 Å². The van der Waals surface area contributed by atoms with Crippen molar-refractivity contribution in [3.63, 3.8) is 0 Å². The molecule has 0 aliphatic carbocycles. The Morgan fingerprint density at radius 3 is 2.76 bits per heavy atom. The summed E-state index contributed by atoms with van der Waals surface area (Å²) in [7, 11) is 0. The molecule has 2 rings (SSSR count). The molecule has 2 N–H and O–H groups in total. The lowest BCUT2D eigenvalue weighted by Crippen LogP contribution is -2.41. The van der Waals surface area contributed by atoms with Crippen molar-refractivity contribution < 1.29 is 19.7 Å². The Labute approximate surface area is 144 Å². The molecule has 2 aromatic rings. The number of hydrogen-bond acceptors (Lipinski definition) is 4. The van der Waals surface area contributed by atoms with Gasteiger partial charge in [-0.2, -0.15) is 0 Å². The van der Waals surface area contributed by atoms with Crippen LogP contribution in [0.2, 0.25) is 10.2 Å². The van der Waals surface area contributed by atoms with Crippen molar-refractivity contribution >= 4 is 62.7 Å². The van der Waals surface area contributed by atoms with E-state index < -0.39 is 18.2 Å². The smallest absolute Gasteiger partial charge is 0.339 e. The summed E-state index contributed by atoms with van der Waals surface area (Å²) in [6.07, 6.45) is 0. The lowest BCUT2D eigenvalue weighted by Gasteiger charge is -2.20. The van der Waals surface area contributed by atoms with E-state index in [9.17, 15) is 9.90 Å². The molecule has 0 amide bonds. The molecule has 21 heavy (non-hydrogen) atoms. The fourth-order valence-electron chi connectivity index (χ4n) is 1.58. The quantitative estimate of drug-likeness (QED) is 0.561. The molecule has 0 fully saturated rings. The Morgan fingerprint density at radius 1 is 1.48 bits per heavy atom. The molecule has 0 bridgehead atoms. The molecular weight excluding hydrogens is 432 g/mol. The number of hydrogen-bond donors (Lipinski definition) is 2. The van der Waals surface area contributed by atoms with Crippen LogP contribution in [0.1, 0.15) is 6.92 Å². The highest BCUT2D eigenvalue weighted by molar-refractivity contribution is 14.1. The lowest BCUT2D eigenvalue weighted by atomic mass is 10.1. The molecule has 0 radical (unpaired) electrons. The number of benzene rings is 1. The highest BCUT2D eigenvalue weighted by Gasteiger charge is 2.31. The van der Waals surface area contributed by atoms with Gasteiger partial charge in [0.05, 0.1) is 8.59 Å². The van der Waals surface area contributed by atoms with Gasteiger partial charge in [0.15, 0.2) is 11.4 Å². The maximum Gasteiger partial charge on any atom is 0.339 e. The van der Waals surface area contributed by atoms with E-state index in [0.717, 1.165) is 6.92 Å². The number of fused-ring (bicyclic) bond motifs is 1. The number of carboxylic acids is 1. The van der Waals surface area contributed by atoms with Crippen LogP contribution in [-0.4, -0.2) is 33.4 Å². The number of rotatable bonds is 4. The molecule has 0 aliphatic rings. The second-order valence-electron chi connectivity index (χ2n) is 4.57. The van der Waals surface area contributed by atoms with Gasteiger partial charge in [-0.25, -0.2) is 9.78 Å². The number of pyridine rings is 1. The molecule has 8 heteroatoms. The molecular formula is C13H10Cl2INO4. The maximum atomic E-state index is 10.9. The van der Waals surface area contributed by atoms with Crippen molar-refractivity contribution in [1.82, 2.24) is 4.98 Å². The predicted molar refractivity (Wildman–Crippen MR) is 88.2 cm³/mol. The highest BCUT2D eigenvalue weighted by atomic mass is 127. The van der Waals surface area contributed by atoms with Gasteiger partial charge in [-0.3, -0.25) is 0 Å². The standard InChI is InChI=1S/C13H10Cl2INO4/c1-13(20,12(18)19)5-21-11-8(16)4-7(14)6-2-3-9(15)17-10(6)11/h2-4,20H,5H2,1H3,(H,18,19). The van der Waals surface area contributed by atoms with E-state index in [0.29, 0.717) is 25.2 Å². The molecule has 1 aromatic carbocycles. The van der Waals surface area contributed by atoms with Crippen molar-refractivity contribution in [2.24, 2.45) is 0 Å². The Kier molecular flexibility index (Phi) is 4.82. The first-order chi connectivity index (χ1) is 9.72. The first-order valence-corrected chi connectivity index (χ1v) is 7.58. The Bertz CT molecular complexity index is 721. The maximum absolute atomic E-state index is 10.9. The normalized spacial score (nSPS) is 14.0. The second-order valence-corrected chi connectivity index (χ2v) is 6.52. The third-order valence-electron chi connectivity index (χ3n) is 2.76. The minimum absolute atomic E-state index is 0.260. The Balaban J connectivity index is 2.48. The molecule has 0 aliphatic heterocycles. The first kappa shape index (κ1) is 16.5. The van der Waals surface area contributed by atoms with Gasteiger partial charge in [0.25, 0.3) is 0 Å². The van der Waals surface area contributed by atoms with Crippen LogP contribution in [0.25, 0.3) is 10.9 Å². The number of nitrogens with zero attached hydrogens (tertiary/aromatic N) is 1. The fourth-order valence-corrected chi connectivity index (χ4v) is 2.90. The molecule has 1 unspecified atom stereocenters. The SMILES string of the molecule is CC(O)(COc1c(I)cc(Cl)c2ccc(Cl)nc12)C(=O)O. The third kappa shape index (κ3) is 3.50. The van der Waals surface area contributed by atoms with Crippen LogP contribution < -0.4 is 4.74 Å². The largest absolute Gasteiger partial charge is 0.487 e. The zero-order valence-electron chi connectivity index (χ0n) is 10.7. The van der Waals surface area contributed by atoms with E-state index in [-0.39, 0.29) is 5.15 Å². The molecule has 1 aromatic heterocycles. The monoisotopic (exact) mass is 441 g/mol. The average Bonchev–Trinajstić information content (AvgIpc) is 2.37. The number of ether oxygens (including phenoxy) is 1. The molecule has 0 saturated carbocycles. The van der Waals surface area contributed by atoms with Gasteiger partial charge >= 0.3 is 5.97 Å². The number of carbonyl (C=O) groups is 1.